The summed E-state index contributed by atoms with van der Waals surface area (Å²) in [5.74, 6) is 0.877. The lowest BCUT2D eigenvalue weighted by Crippen LogP contribution is -2.43. The highest BCUT2D eigenvalue weighted by Crippen LogP contribution is 2.30. The summed E-state index contributed by atoms with van der Waals surface area (Å²) in [4.78, 5) is 19.9. The molecule has 2 aromatic heterocycles. The fourth-order valence-electron chi connectivity index (χ4n) is 3.81. The van der Waals surface area contributed by atoms with Crippen LogP contribution in [0.3, 0.4) is 0 Å². The number of aromatic nitrogens is 2. The molecule has 0 unspecified atom stereocenters. The number of fused-ring (bicyclic) bond motifs is 1. The second-order valence-corrected chi connectivity index (χ2v) is 7.16. The maximum absolute atomic E-state index is 12.9. The molecule has 0 atom stereocenters. The van der Waals surface area contributed by atoms with E-state index >= 15 is 0 Å². The van der Waals surface area contributed by atoms with Gasteiger partial charge in [-0.05, 0) is 48.7 Å². The Morgan fingerprint density at radius 3 is 2.68 bits per heavy atom. The Kier molecular flexibility index (Phi) is 5.05. The molecule has 0 spiro atoms. The van der Waals surface area contributed by atoms with Crippen LogP contribution in [0.4, 0.5) is 5.69 Å². The highest BCUT2D eigenvalue weighted by molar-refractivity contribution is 5.68. The molecular weight excluding hydrogens is 352 g/mol. The second kappa shape index (κ2) is 7.64. The van der Waals surface area contributed by atoms with Crippen molar-refractivity contribution in [1.29, 1.82) is 0 Å². The van der Waals surface area contributed by atoms with Crippen molar-refractivity contribution >= 4 is 11.3 Å². The van der Waals surface area contributed by atoms with Gasteiger partial charge in [-0.2, -0.15) is 0 Å². The third-order valence-corrected chi connectivity index (χ3v) is 5.41. The first-order chi connectivity index (χ1) is 13.6. The van der Waals surface area contributed by atoms with E-state index in [-0.39, 0.29) is 5.56 Å². The molecule has 0 radical (unpaired) electrons. The molecule has 1 aromatic carbocycles. The predicted octanol–water partition coefficient (Wildman–Crippen LogP) is 2.65. The van der Waals surface area contributed by atoms with Gasteiger partial charge in [0.05, 0.1) is 18.5 Å². The normalized spacial score (nSPS) is 14.5. The van der Waals surface area contributed by atoms with Gasteiger partial charge in [0, 0.05) is 44.0 Å². The quantitative estimate of drug-likeness (QED) is 0.756. The van der Waals surface area contributed by atoms with E-state index in [0.717, 1.165) is 60.7 Å². The van der Waals surface area contributed by atoms with Crippen molar-refractivity contribution in [2.45, 2.75) is 20.3 Å². The summed E-state index contributed by atoms with van der Waals surface area (Å²) >= 11 is 0. The molecule has 0 amide bonds. The van der Waals surface area contributed by atoms with Gasteiger partial charge in [0.2, 0.25) is 0 Å². The zero-order valence-electron chi connectivity index (χ0n) is 16.7. The minimum Gasteiger partial charge on any atom is -0.496 e. The Morgan fingerprint density at radius 1 is 1.18 bits per heavy atom. The minimum absolute atomic E-state index is 0.0646. The van der Waals surface area contributed by atoms with Crippen molar-refractivity contribution in [2.75, 3.05) is 38.2 Å². The third kappa shape index (κ3) is 3.36. The molecule has 0 bridgehead atoms. The van der Waals surface area contributed by atoms with Crippen molar-refractivity contribution in [3.05, 3.63) is 58.0 Å². The summed E-state index contributed by atoms with van der Waals surface area (Å²) in [5, 5.41) is 3.35. The maximum atomic E-state index is 12.9. The molecular formula is C22H26N4O2. The SMILES string of the molecule is CCc1cc(-c2cc(=O)n3cc(N4CCNCC4)ccc3n2)c(C)cc1OC. The molecule has 1 N–H and O–H groups in total. The topological polar surface area (TPSA) is 58.9 Å². The van der Waals surface area contributed by atoms with Gasteiger partial charge in [0.1, 0.15) is 11.4 Å². The number of hydrogen-bond acceptors (Lipinski definition) is 5. The van der Waals surface area contributed by atoms with Crippen molar-refractivity contribution < 1.29 is 4.74 Å². The van der Waals surface area contributed by atoms with Crippen LogP contribution in [0.5, 0.6) is 5.75 Å². The van der Waals surface area contributed by atoms with E-state index in [1.54, 1.807) is 17.6 Å². The number of anilines is 1. The molecule has 6 heteroatoms. The van der Waals surface area contributed by atoms with E-state index in [0.29, 0.717) is 11.3 Å². The number of rotatable bonds is 4. The predicted molar refractivity (Wildman–Crippen MR) is 113 cm³/mol. The number of ether oxygens (including phenoxy) is 1. The van der Waals surface area contributed by atoms with Gasteiger partial charge in [-0.25, -0.2) is 4.98 Å². The van der Waals surface area contributed by atoms with Crippen molar-refractivity contribution in [3.8, 4) is 17.0 Å². The largest absolute Gasteiger partial charge is 0.496 e. The third-order valence-electron chi connectivity index (χ3n) is 5.41. The van der Waals surface area contributed by atoms with E-state index in [9.17, 15) is 4.79 Å². The first-order valence-electron chi connectivity index (χ1n) is 9.77. The lowest BCUT2D eigenvalue weighted by molar-refractivity contribution is 0.410. The fraction of sp³-hybridized carbons (Fsp3) is 0.364. The molecule has 1 aliphatic rings. The van der Waals surface area contributed by atoms with Crippen LogP contribution >= 0.6 is 0 Å². The van der Waals surface area contributed by atoms with Gasteiger partial charge >= 0.3 is 0 Å². The maximum Gasteiger partial charge on any atom is 0.258 e. The van der Waals surface area contributed by atoms with E-state index in [2.05, 4.69) is 29.3 Å². The van der Waals surface area contributed by atoms with Gasteiger partial charge in [0.25, 0.3) is 5.56 Å². The number of pyridine rings is 1. The molecule has 28 heavy (non-hydrogen) atoms. The number of nitrogens with zero attached hydrogens (tertiary/aromatic N) is 3. The lowest BCUT2D eigenvalue weighted by Gasteiger charge is -2.29. The van der Waals surface area contributed by atoms with E-state index in [4.69, 9.17) is 9.72 Å². The van der Waals surface area contributed by atoms with Crippen LogP contribution in [0, 0.1) is 6.92 Å². The van der Waals surface area contributed by atoms with Crippen molar-refractivity contribution in [3.63, 3.8) is 0 Å². The summed E-state index contributed by atoms with van der Waals surface area (Å²) < 4.78 is 7.12. The van der Waals surface area contributed by atoms with Crippen LogP contribution in [-0.4, -0.2) is 42.7 Å². The van der Waals surface area contributed by atoms with Crippen LogP contribution in [0.25, 0.3) is 16.9 Å². The highest BCUT2D eigenvalue weighted by atomic mass is 16.5. The molecule has 3 aromatic rings. The second-order valence-electron chi connectivity index (χ2n) is 7.16. The van der Waals surface area contributed by atoms with Crippen molar-refractivity contribution in [2.24, 2.45) is 0 Å². The molecule has 146 valence electrons. The van der Waals surface area contributed by atoms with E-state index < -0.39 is 0 Å². The number of benzene rings is 1. The number of piperazine rings is 1. The monoisotopic (exact) mass is 378 g/mol. The standard InChI is InChI=1S/C22H26N4O2/c1-4-16-12-18(15(2)11-20(16)28-3)19-13-22(27)26-14-17(5-6-21(26)24-19)25-9-7-23-8-10-25/h5-6,11-14,23H,4,7-10H2,1-3H3. The van der Waals surface area contributed by atoms with Gasteiger partial charge in [-0.15, -0.1) is 0 Å². The van der Waals surface area contributed by atoms with Crippen LogP contribution in [-0.2, 0) is 6.42 Å². The number of nitrogens with one attached hydrogen (secondary N) is 1. The van der Waals surface area contributed by atoms with Crippen LogP contribution in [0.15, 0.2) is 41.3 Å². The van der Waals surface area contributed by atoms with Crippen LogP contribution in [0.1, 0.15) is 18.1 Å². The fourth-order valence-corrected chi connectivity index (χ4v) is 3.81. The Morgan fingerprint density at radius 2 is 1.96 bits per heavy atom. The van der Waals surface area contributed by atoms with Gasteiger partial charge in [-0.3, -0.25) is 9.20 Å². The number of aryl methyl sites for hydroxylation is 2. The lowest BCUT2D eigenvalue weighted by atomic mass is 9.99. The first kappa shape index (κ1) is 18.5. The van der Waals surface area contributed by atoms with E-state index in [1.165, 1.54) is 0 Å². The molecule has 6 nitrogen and oxygen atoms in total. The van der Waals surface area contributed by atoms with Gasteiger partial charge in [0.15, 0.2) is 0 Å². The molecule has 1 saturated heterocycles. The Bertz CT molecular complexity index is 1070. The Labute approximate surface area is 164 Å². The molecule has 1 aliphatic heterocycles. The van der Waals surface area contributed by atoms with Crippen molar-refractivity contribution in [1.82, 2.24) is 14.7 Å². The van der Waals surface area contributed by atoms with E-state index in [1.807, 2.05) is 25.3 Å². The van der Waals surface area contributed by atoms with Gasteiger partial charge in [-0.1, -0.05) is 6.92 Å². The summed E-state index contributed by atoms with van der Waals surface area (Å²) in [6, 6.07) is 9.71. The minimum atomic E-state index is -0.0646. The van der Waals surface area contributed by atoms with Gasteiger partial charge < -0.3 is 15.0 Å². The average molecular weight is 378 g/mol. The highest BCUT2D eigenvalue weighted by Gasteiger charge is 2.14. The molecule has 0 aliphatic carbocycles. The zero-order chi connectivity index (χ0) is 19.7. The summed E-state index contributed by atoms with van der Waals surface area (Å²) in [6.07, 6.45) is 2.76. The van der Waals surface area contributed by atoms with Crippen LogP contribution < -0.4 is 20.5 Å². The Hall–Kier alpha value is -2.86. The molecule has 1 fully saturated rings. The molecule has 4 rings (SSSR count). The number of hydrogen-bond donors (Lipinski definition) is 1. The molecule has 3 heterocycles. The smallest absolute Gasteiger partial charge is 0.258 e. The summed E-state index contributed by atoms with van der Waals surface area (Å²) in [5.41, 5.74) is 5.49. The zero-order valence-corrected chi connectivity index (χ0v) is 16.7. The Balaban J connectivity index is 1.79. The number of methoxy groups -OCH3 is 1. The first-order valence-corrected chi connectivity index (χ1v) is 9.77. The van der Waals surface area contributed by atoms with Crippen LogP contribution in [0.2, 0.25) is 0 Å². The summed E-state index contributed by atoms with van der Waals surface area (Å²) in [7, 11) is 1.68. The molecule has 0 saturated carbocycles. The summed E-state index contributed by atoms with van der Waals surface area (Å²) in [6.45, 7) is 7.92. The average Bonchev–Trinajstić information content (AvgIpc) is 2.73.